The second-order valence-electron chi connectivity index (χ2n) is 3.44. The number of rotatable bonds is 1. The van der Waals surface area contributed by atoms with Crippen molar-refractivity contribution in [2.45, 2.75) is 12.0 Å². The van der Waals surface area contributed by atoms with E-state index in [0.717, 1.165) is 0 Å². The number of carbonyl (C=O) groups is 2. The summed E-state index contributed by atoms with van der Waals surface area (Å²) >= 11 is 5.71. The molecule has 1 aliphatic heterocycles. The summed E-state index contributed by atoms with van der Waals surface area (Å²) in [7, 11) is 1.26. The minimum atomic E-state index is -0.922. The fourth-order valence-electron chi connectivity index (χ4n) is 1.49. The van der Waals surface area contributed by atoms with Gasteiger partial charge in [-0.2, -0.15) is 0 Å². The Labute approximate surface area is 96.3 Å². The first kappa shape index (κ1) is 10.9. The van der Waals surface area contributed by atoms with Crippen molar-refractivity contribution in [1.82, 2.24) is 0 Å². The van der Waals surface area contributed by atoms with Crippen molar-refractivity contribution in [3.63, 3.8) is 0 Å². The van der Waals surface area contributed by atoms with Gasteiger partial charge >= 0.3 is 5.97 Å². The maximum atomic E-state index is 11.2. The summed E-state index contributed by atoms with van der Waals surface area (Å²) in [5.74, 6) is -0.839. The van der Waals surface area contributed by atoms with Crippen LogP contribution in [0.5, 0.6) is 0 Å². The fraction of sp³-hybridized carbons (Fsp3) is 0.300. The molecular formula is C10H8ClNO4. The van der Waals surface area contributed by atoms with Gasteiger partial charge in [0.15, 0.2) is 17.1 Å². The third-order valence-electron chi connectivity index (χ3n) is 2.31. The van der Waals surface area contributed by atoms with Crippen molar-refractivity contribution in [2.24, 2.45) is 5.16 Å². The summed E-state index contributed by atoms with van der Waals surface area (Å²) in [4.78, 5) is 27.5. The number of nitrogens with zero attached hydrogens (tertiary/aromatic N) is 1. The minimum absolute atomic E-state index is 0.0591. The molecule has 5 nitrogen and oxygen atoms in total. The fourth-order valence-corrected chi connectivity index (χ4v) is 1.74. The molecule has 2 aliphatic rings. The standard InChI is InChI=1S/C10H8ClNO4/c1-15-9(14)7-5-10(16-12-7)3-2-8(13)6(11)4-10/h2-4H,5H2,1H3. The Morgan fingerprint density at radius 2 is 2.44 bits per heavy atom. The second kappa shape index (κ2) is 3.75. The van der Waals surface area contributed by atoms with Crippen LogP contribution in [0.2, 0.25) is 0 Å². The Kier molecular flexibility index (Phi) is 2.55. The second-order valence-corrected chi connectivity index (χ2v) is 3.85. The van der Waals surface area contributed by atoms with Gasteiger partial charge in [0, 0.05) is 0 Å². The van der Waals surface area contributed by atoms with E-state index in [1.165, 1.54) is 25.3 Å². The summed E-state index contributed by atoms with van der Waals surface area (Å²) in [5.41, 5.74) is -0.753. The number of esters is 1. The van der Waals surface area contributed by atoms with Crippen LogP contribution in [0.25, 0.3) is 0 Å². The molecule has 0 aromatic heterocycles. The van der Waals surface area contributed by atoms with Crippen LogP contribution in [0.15, 0.2) is 28.4 Å². The van der Waals surface area contributed by atoms with Crippen molar-refractivity contribution in [1.29, 1.82) is 0 Å². The molecule has 0 N–H and O–H groups in total. The molecule has 1 atom stereocenters. The van der Waals surface area contributed by atoms with Gasteiger partial charge in [0.1, 0.15) is 0 Å². The van der Waals surface area contributed by atoms with Crippen LogP contribution in [0.1, 0.15) is 6.42 Å². The van der Waals surface area contributed by atoms with Gasteiger partial charge in [-0.3, -0.25) is 4.79 Å². The molecule has 84 valence electrons. The van der Waals surface area contributed by atoms with Crippen molar-refractivity contribution < 1.29 is 19.2 Å². The Morgan fingerprint density at radius 1 is 1.69 bits per heavy atom. The first-order valence-corrected chi connectivity index (χ1v) is 4.89. The lowest BCUT2D eigenvalue weighted by molar-refractivity contribution is -0.132. The van der Waals surface area contributed by atoms with Crippen molar-refractivity contribution in [2.75, 3.05) is 7.11 Å². The summed E-state index contributed by atoms with van der Waals surface area (Å²) in [6, 6.07) is 0. The van der Waals surface area contributed by atoms with Gasteiger partial charge in [-0.25, -0.2) is 4.79 Å². The van der Waals surface area contributed by atoms with Crippen molar-refractivity contribution in [3.05, 3.63) is 23.3 Å². The zero-order valence-corrected chi connectivity index (χ0v) is 9.15. The van der Waals surface area contributed by atoms with E-state index >= 15 is 0 Å². The van der Waals surface area contributed by atoms with Crippen molar-refractivity contribution in [3.8, 4) is 0 Å². The number of allylic oxidation sites excluding steroid dienone is 2. The van der Waals surface area contributed by atoms with Crippen LogP contribution in [0.4, 0.5) is 0 Å². The summed E-state index contributed by atoms with van der Waals surface area (Å²) < 4.78 is 4.52. The summed E-state index contributed by atoms with van der Waals surface area (Å²) in [6.07, 6.45) is 4.48. The van der Waals surface area contributed by atoms with Crippen LogP contribution in [-0.2, 0) is 19.2 Å². The van der Waals surface area contributed by atoms with Crippen LogP contribution < -0.4 is 0 Å². The summed E-state index contributed by atoms with van der Waals surface area (Å²) in [6.45, 7) is 0. The molecule has 1 heterocycles. The molecule has 16 heavy (non-hydrogen) atoms. The highest BCUT2D eigenvalue weighted by atomic mass is 35.5. The highest BCUT2D eigenvalue weighted by Gasteiger charge is 2.40. The first-order valence-electron chi connectivity index (χ1n) is 4.52. The molecule has 0 aromatic rings. The Hall–Kier alpha value is -1.62. The normalized spacial score (nSPS) is 27.5. The number of oxime groups is 1. The predicted octanol–water partition coefficient (Wildman–Crippen LogP) is 0.936. The third-order valence-corrected chi connectivity index (χ3v) is 2.61. The van der Waals surface area contributed by atoms with E-state index in [4.69, 9.17) is 16.4 Å². The van der Waals surface area contributed by atoms with E-state index in [2.05, 4.69) is 9.89 Å². The Balaban J connectivity index is 2.19. The molecular weight excluding hydrogens is 234 g/mol. The van der Waals surface area contributed by atoms with Crippen LogP contribution >= 0.6 is 11.6 Å². The maximum Gasteiger partial charge on any atom is 0.356 e. The van der Waals surface area contributed by atoms with E-state index in [1.54, 1.807) is 0 Å². The molecule has 0 amide bonds. The molecule has 1 spiro atoms. The molecule has 1 aliphatic carbocycles. The lowest BCUT2D eigenvalue weighted by atomic mass is 9.92. The van der Waals surface area contributed by atoms with Crippen LogP contribution in [0.3, 0.4) is 0 Å². The molecule has 0 fully saturated rings. The zero-order valence-electron chi connectivity index (χ0n) is 8.40. The monoisotopic (exact) mass is 241 g/mol. The molecule has 0 saturated heterocycles. The SMILES string of the molecule is COC(=O)C1=NOC2(C=CC(=O)C(Cl)=C2)C1. The molecule has 6 heteroatoms. The van der Waals surface area contributed by atoms with E-state index in [9.17, 15) is 9.59 Å². The highest BCUT2D eigenvalue weighted by molar-refractivity contribution is 6.44. The van der Waals surface area contributed by atoms with E-state index in [1.807, 2.05) is 0 Å². The zero-order chi connectivity index (χ0) is 11.8. The predicted molar refractivity (Wildman–Crippen MR) is 56.0 cm³/mol. The van der Waals surface area contributed by atoms with Gasteiger partial charge in [-0.15, -0.1) is 0 Å². The quantitative estimate of drug-likeness (QED) is 0.641. The van der Waals surface area contributed by atoms with Gasteiger partial charge in [0.2, 0.25) is 0 Å². The Bertz CT molecular complexity index is 452. The van der Waals surface area contributed by atoms with Gasteiger partial charge in [-0.05, 0) is 18.2 Å². The number of hydrogen-bond acceptors (Lipinski definition) is 5. The van der Waals surface area contributed by atoms with Gasteiger partial charge in [0.05, 0.1) is 18.6 Å². The average molecular weight is 242 g/mol. The maximum absolute atomic E-state index is 11.2. The van der Waals surface area contributed by atoms with E-state index in [-0.39, 0.29) is 22.9 Å². The van der Waals surface area contributed by atoms with Gasteiger partial charge in [0.25, 0.3) is 0 Å². The molecule has 0 radical (unpaired) electrons. The largest absolute Gasteiger partial charge is 0.464 e. The number of halogens is 1. The smallest absolute Gasteiger partial charge is 0.356 e. The average Bonchev–Trinajstić information content (AvgIpc) is 2.68. The first-order chi connectivity index (χ1) is 7.56. The van der Waals surface area contributed by atoms with Crippen molar-refractivity contribution >= 4 is 29.1 Å². The number of hydrogen-bond donors (Lipinski definition) is 0. The topological polar surface area (TPSA) is 65.0 Å². The minimum Gasteiger partial charge on any atom is -0.464 e. The lowest BCUT2D eigenvalue weighted by Gasteiger charge is -2.21. The highest BCUT2D eigenvalue weighted by Crippen LogP contribution is 2.32. The van der Waals surface area contributed by atoms with E-state index in [0.29, 0.717) is 0 Å². The van der Waals surface area contributed by atoms with Gasteiger partial charge in [-0.1, -0.05) is 16.8 Å². The number of ether oxygens (including phenoxy) is 1. The number of methoxy groups -OCH3 is 1. The van der Waals surface area contributed by atoms with Crippen LogP contribution in [-0.4, -0.2) is 30.2 Å². The molecule has 1 unspecified atom stereocenters. The number of ketones is 1. The van der Waals surface area contributed by atoms with E-state index < -0.39 is 11.6 Å². The summed E-state index contributed by atoms with van der Waals surface area (Å²) in [5, 5.41) is 3.68. The molecule has 0 saturated carbocycles. The van der Waals surface area contributed by atoms with Crippen LogP contribution in [0, 0.1) is 0 Å². The molecule has 0 aromatic carbocycles. The Morgan fingerprint density at radius 3 is 3.06 bits per heavy atom. The molecule has 2 rings (SSSR count). The molecule has 0 bridgehead atoms. The lowest BCUT2D eigenvalue weighted by Crippen LogP contribution is -2.29. The number of carbonyl (C=O) groups excluding carboxylic acids is 2. The van der Waals surface area contributed by atoms with Gasteiger partial charge < -0.3 is 9.57 Å². The third kappa shape index (κ3) is 1.74.